The number of amides is 1. The van der Waals surface area contributed by atoms with Crippen molar-refractivity contribution >= 4 is 5.91 Å². The molecule has 2 aliphatic rings. The number of ether oxygens (including phenoxy) is 1. The summed E-state index contributed by atoms with van der Waals surface area (Å²) in [5.41, 5.74) is 1.68. The van der Waals surface area contributed by atoms with E-state index in [-0.39, 0.29) is 11.9 Å². The second-order valence-electron chi connectivity index (χ2n) is 6.97. The van der Waals surface area contributed by atoms with Crippen LogP contribution in [0.2, 0.25) is 0 Å². The van der Waals surface area contributed by atoms with Crippen molar-refractivity contribution in [3.8, 4) is 11.5 Å². The van der Waals surface area contributed by atoms with Gasteiger partial charge >= 0.3 is 0 Å². The summed E-state index contributed by atoms with van der Waals surface area (Å²) in [6.07, 6.45) is 5.67. The fraction of sp³-hybridized carbons (Fsp3) is 0.500. The number of rotatable bonds is 5. The van der Waals surface area contributed by atoms with Crippen molar-refractivity contribution in [3.63, 3.8) is 0 Å². The van der Waals surface area contributed by atoms with E-state index in [9.17, 15) is 4.79 Å². The van der Waals surface area contributed by atoms with Crippen LogP contribution < -0.4 is 5.32 Å². The maximum atomic E-state index is 12.7. The maximum Gasteiger partial charge on any atom is 0.237 e. The van der Waals surface area contributed by atoms with Crippen molar-refractivity contribution in [2.24, 2.45) is 0 Å². The van der Waals surface area contributed by atoms with Crippen LogP contribution in [0, 0.1) is 0 Å². The number of hydrogen-bond donors (Lipinski definition) is 1. The molecule has 1 atom stereocenters. The van der Waals surface area contributed by atoms with Gasteiger partial charge < -0.3 is 14.5 Å². The van der Waals surface area contributed by atoms with Gasteiger partial charge in [-0.2, -0.15) is 0 Å². The lowest BCUT2D eigenvalue weighted by molar-refractivity contribution is -0.127. The molecule has 138 valence electrons. The van der Waals surface area contributed by atoms with Crippen molar-refractivity contribution in [3.05, 3.63) is 42.3 Å². The molecule has 2 aromatic rings. The van der Waals surface area contributed by atoms with Crippen LogP contribution in [0.4, 0.5) is 0 Å². The molecule has 1 aromatic carbocycles. The van der Waals surface area contributed by atoms with Gasteiger partial charge in [0.25, 0.3) is 0 Å². The van der Waals surface area contributed by atoms with E-state index in [1.165, 1.54) is 0 Å². The van der Waals surface area contributed by atoms with Crippen molar-refractivity contribution in [1.29, 1.82) is 0 Å². The van der Waals surface area contributed by atoms with E-state index in [4.69, 9.17) is 9.15 Å². The molecule has 3 heterocycles. The van der Waals surface area contributed by atoms with Crippen molar-refractivity contribution in [2.75, 3.05) is 19.8 Å². The Morgan fingerprint density at radius 2 is 2.00 bits per heavy atom. The minimum absolute atomic E-state index is 0.0291. The number of aromatic nitrogens is 1. The molecule has 6 heteroatoms. The van der Waals surface area contributed by atoms with Crippen LogP contribution in [0.5, 0.6) is 0 Å². The van der Waals surface area contributed by atoms with E-state index in [0.717, 1.165) is 56.7 Å². The van der Waals surface area contributed by atoms with Crippen molar-refractivity contribution in [2.45, 2.75) is 44.3 Å². The monoisotopic (exact) mass is 355 g/mol. The Bertz CT molecular complexity index is 725. The van der Waals surface area contributed by atoms with Crippen LogP contribution in [0.3, 0.4) is 0 Å². The Morgan fingerprint density at radius 1 is 1.19 bits per heavy atom. The van der Waals surface area contributed by atoms with Gasteiger partial charge in [0.05, 0.1) is 18.3 Å². The third kappa shape index (κ3) is 3.81. The summed E-state index contributed by atoms with van der Waals surface area (Å²) in [4.78, 5) is 19.6. The summed E-state index contributed by atoms with van der Waals surface area (Å²) in [6.45, 7) is 3.01. The highest BCUT2D eigenvalue weighted by Crippen LogP contribution is 2.25. The molecule has 1 amide bonds. The number of nitrogens with zero attached hydrogens (tertiary/aromatic N) is 2. The first kappa shape index (κ1) is 17.2. The van der Waals surface area contributed by atoms with Gasteiger partial charge in [-0.3, -0.25) is 9.69 Å². The predicted molar refractivity (Wildman–Crippen MR) is 97.4 cm³/mol. The van der Waals surface area contributed by atoms with Crippen molar-refractivity contribution in [1.82, 2.24) is 15.2 Å². The first-order chi connectivity index (χ1) is 12.8. The summed E-state index contributed by atoms with van der Waals surface area (Å²) in [7, 11) is 0. The zero-order valence-corrected chi connectivity index (χ0v) is 14.9. The summed E-state index contributed by atoms with van der Waals surface area (Å²) in [5, 5.41) is 3.04. The van der Waals surface area contributed by atoms with E-state index >= 15 is 0 Å². The summed E-state index contributed by atoms with van der Waals surface area (Å²) < 4.78 is 11.0. The molecule has 1 unspecified atom stereocenters. The summed E-state index contributed by atoms with van der Waals surface area (Å²) >= 11 is 0. The van der Waals surface area contributed by atoms with Gasteiger partial charge in [0.15, 0.2) is 0 Å². The Balaban J connectivity index is 1.34. The van der Waals surface area contributed by atoms with Crippen LogP contribution in [0.1, 0.15) is 31.4 Å². The molecule has 6 nitrogen and oxygen atoms in total. The van der Waals surface area contributed by atoms with Gasteiger partial charge in [-0.25, -0.2) is 4.98 Å². The van der Waals surface area contributed by atoms with E-state index < -0.39 is 0 Å². The second-order valence-corrected chi connectivity index (χ2v) is 6.97. The van der Waals surface area contributed by atoms with Crippen LogP contribution in [0.25, 0.3) is 11.5 Å². The summed E-state index contributed by atoms with van der Waals surface area (Å²) in [6, 6.07) is 10.2. The number of carbonyl (C=O) groups excluding carboxylic acids is 1. The number of likely N-dealkylation sites (tertiary alicyclic amines) is 1. The van der Waals surface area contributed by atoms with Crippen LogP contribution in [-0.2, 0) is 16.1 Å². The Kier molecular flexibility index (Phi) is 5.32. The second kappa shape index (κ2) is 8.01. The molecule has 0 radical (unpaired) electrons. The SMILES string of the molecule is O=C(NCc1coc(-c2ccccc2)n1)C1CCCN1C1CCOCC1. The van der Waals surface area contributed by atoms with Crippen LogP contribution in [-0.4, -0.2) is 47.6 Å². The fourth-order valence-corrected chi connectivity index (χ4v) is 3.92. The fourth-order valence-electron chi connectivity index (χ4n) is 3.92. The Hall–Kier alpha value is -2.18. The molecule has 2 fully saturated rings. The molecule has 2 aliphatic heterocycles. The van der Waals surface area contributed by atoms with Gasteiger partial charge in [0.2, 0.25) is 11.8 Å². The molecule has 0 saturated carbocycles. The van der Waals surface area contributed by atoms with Gasteiger partial charge in [-0.1, -0.05) is 18.2 Å². The Morgan fingerprint density at radius 3 is 2.81 bits per heavy atom. The van der Waals surface area contributed by atoms with Gasteiger partial charge in [-0.05, 0) is 44.4 Å². The van der Waals surface area contributed by atoms with Gasteiger partial charge in [0, 0.05) is 24.8 Å². The first-order valence-electron chi connectivity index (χ1n) is 9.42. The molecule has 2 saturated heterocycles. The normalized spacial score (nSPS) is 21.8. The Labute approximate surface area is 153 Å². The standard InChI is InChI=1S/C20H25N3O3/c24-19(18-7-4-10-23(18)17-8-11-25-12-9-17)21-13-16-14-26-20(22-16)15-5-2-1-3-6-15/h1-3,5-6,14,17-18H,4,7-13H2,(H,21,24). The molecule has 26 heavy (non-hydrogen) atoms. The van der Waals surface area contributed by atoms with Gasteiger partial charge in [-0.15, -0.1) is 0 Å². The molecular formula is C20H25N3O3. The zero-order valence-electron chi connectivity index (χ0n) is 14.9. The van der Waals surface area contributed by atoms with Crippen LogP contribution >= 0.6 is 0 Å². The average molecular weight is 355 g/mol. The number of hydrogen-bond acceptors (Lipinski definition) is 5. The highest BCUT2D eigenvalue weighted by molar-refractivity contribution is 5.82. The van der Waals surface area contributed by atoms with E-state index in [1.54, 1.807) is 6.26 Å². The zero-order chi connectivity index (χ0) is 17.8. The molecular weight excluding hydrogens is 330 g/mol. The molecule has 0 aliphatic carbocycles. The molecule has 0 bridgehead atoms. The highest BCUT2D eigenvalue weighted by atomic mass is 16.5. The van der Waals surface area contributed by atoms with Gasteiger partial charge in [0.1, 0.15) is 6.26 Å². The lowest BCUT2D eigenvalue weighted by Crippen LogP contribution is -2.49. The third-order valence-electron chi connectivity index (χ3n) is 5.27. The summed E-state index contributed by atoms with van der Waals surface area (Å²) in [5.74, 6) is 0.679. The number of benzene rings is 1. The van der Waals surface area contributed by atoms with Crippen LogP contribution in [0.15, 0.2) is 41.0 Å². The molecule has 1 N–H and O–H groups in total. The molecule has 1 aromatic heterocycles. The van der Waals surface area contributed by atoms with E-state index in [0.29, 0.717) is 18.5 Å². The van der Waals surface area contributed by atoms with E-state index in [1.807, 2.05) is 30.3 Å². The maximum absolute atomic E-state index is 12.7. The predicted octanol–water partition coefficient (Wildman–Crippen LogP) is 2.60. The third-order valence-corrected chi connectivity index (χ3v) is 5.27. The lowest BCUT2D eigenvalue weighted by atomic mass is 10.1. The minimum atomic E-state index is -0.0291. The smallest absolute Gasteiger partial charge is 0.237 e. The number of carbonyl (C=O) groups is 1. The molecule has 4 rings (SSSR count). The van der Waals surface area contributed by atoms with E-state index in [2.05, 4.69) is 15.2 Å². The topological polar surface area (TPSA) is 67.6 Å². The number of nitrogens with one attached hydrogen (secondary N) is 1. The first-order valence-corrected chi connectivity index (χ1v) is 9.42. The quantitative estimate of drug-likeness (QED) is 0.893. The number of oxazole rings is 1. The average Bonchev–Trinajstić information content (AvgIpc) is 3.37. The minimum Gasteiger partial charge on any atom is -0.444 e. The lowest BCUT2D eigenvalue weighted by Gasteiger charge is -2.34. The largest absolute Gasteiger partial charge is 0.444 e. The van der Waals surface area contributed by atoms with Crippen molar-refractivity contribution < 1.29 is 13.9 Å². The molecule has 0 spiro atoms. The highest BCUT2D eigenvalue weighted by Gasteiger charge is 2.35.